The van der Waals surface area contributed by atoms with Crippen LogP contribution in [0.2, 0.25) is 0 Å². The average molecular weight is 685 g/mol. The topological polar surface area (TPSA) is 137 Å². The fourth-order valence-corrected chi connectivity index (χ4v) is 7.24. The molecule has 10 nitrogen and oxygen atoms in total. The van der Waals surface area contributed by atoms with Gasteiger partial charge >= 0.3 is 6.18 Å². The van der Waals surface area contributed by atoms with Crippen molar-refractivity contribution in [2.75, 3.05) is 18.4 Å². The van der Waals surface area contributed by atoms with Crippen LogP contribution in [0, 0.1) is 5.95 Å². The number of nitrogens with zero attached hydrogens (tertiary/aromatic N) is 4. The number of pyridine rings is 2. The van der Waals surface area contributed by atoms with Crippen LogP contribution in [0.4, 0.5) is 23.2 Å². The lowest BCUT2D eigenvalue weighted by Gasteiger charge is -2.31. The van der Waals surface area contributed by atoms with E-state index < -0.39 is 46.8 Å². The third-order valence-electron chi connectivity index (χ3n) is 8.63. The molecule has 0 bridgehead atoms. The van der Waals surface area contributed by atoms with Crippen LogP contribution in [-0.2, 0) is 27.9 Å². The molecule has 4 aromatic rings. The second-order valence-corrected chi connectivity index (χ2v) is 13.7. The molecule has 2 aliphatic rings. The molecule has 2 aliphatic heterocycles. The molecule has 48 heavy (non-hydrogen) atoms. The van der Waals surface area contributed by atoms with Crippen LogP contribution in [0.1, 0.15) is 89.2 Å². The Morgan fingerprint density at radius 3 is 2.54 bits per heavy atom. The summed E-state index contributed by atoms with van der Waals surface area (Å²) in [5.74, 6) is -2.62. The van der Waals surface area contributed by atoms with Crippen LogP contribution < -0.4 is 10.6 Å². The van der Waals surface area contributed by atoms with E-state index in [1.165, 1.54) is 37.4 Å². The summed E-state index contributed by atoms with van der Waals surface area (Å²) in [5.41, 5.74) is -0.861. The van der Waals surface area contributed by atoms with E-state index in [2.05, 4.69) is 25.5 Å². The number of piperidine rings is 2. The summed E-state index contributed by atoms with van der Waals surface area (Å²) in [6.45, 7) is 4.69. The van der Waals surface area contributed by atoms with Crippen molar-refractivity contribution in [2.24, 2.45) is 0 Å². The summed E-state index contributed by atoms with van der Waals surface area (Å²) in [6.07, 6.45) is -1.31. The molecule has 1 atom stereocenters. The summed E-state index contributed by atoms with van der Waals surface area (Å²) in [5, 5.41) is 16.7. The number of thiazole rings is 1. The monoisotopic (exact) mass is 684 g/mol. The Bertz CT molecular complexity index is 1900. The lowest BCUT2D eigenvalue weighted by Crippen LogP contribution is -2.39. The molecule has 5 heterocycles. The molecule has 0 saturated carbocycles. The zero-order valence-corrected chi connectivity index (χ0v) is 26.8. The highest BCUT2D eigenvalue weighted by molar-refractivity contribution is 7.18. The smallest absolute Gasteiger partial charge is 0.386 e. The highest BCUT2D eigenvalue weighted by Crippen LogP contribution is 2.39. The predicted octanol–water partition coefficient (Wildman–Crippen LogP) is 5.62. The van der Waals surface area contributed by atoms with E-state index in [9.17, 15) is 37.1 Å². The van der Waals surface area contributed by atoms with Crippen LogP contribution >= 0.6 is 11.3 Å². The standard InChI is InChI=1S/C33H32F4N6O4S/c1-32(2,47)21-13-24-25(14-23(21)40-30(46)22-4-3-5-26(39-22)33(35,36)37)48-31(41-24)17-8-10-43(11-9-17)16-19-12-18(15-38-28(19)34)20-6-7-27(44)42-29(20)45/h3-5,12-15,17,20,47H,6-11,16H2,1-2H3,(H,40,46)(H,42,44,45). The summed E-state index contributed by atoms with van der Waals surface area (Å²) in [6, 6.07) is 8.06. The Kier molecular flexibility index (Phi) is 9.04. The number of anilines is 1. The molecule has 3 N–H and O–H groups in total. The molecule has 252 valence electrons. The first kappa shape index (κ1) is 33.6. The number of aliphatic hydroxyl groups is 1. The van der Waals surface area contributed by atoms with Crippen molar-refractivity contribution in [1.29, 1.82) is 0 Å². The van der Waals surface area contributed by atoms with Crippen molar-refractivity contribution in [3.05, 3.63) is 81.6 Å². The first-order chi connectivity index (χ1) is 22.7. The lowest BCUT2D eigenvalue weighted by atomic mass is 9.90. The van der Waals surface area contributed by atoms with Gasteiger partial charge < -0.3 is 10.4 Å². The molecule has 0 spiro atoms. The number of nitrogens with one attached hydrogen (secondary N) is 2. The van der Waals surface area contributed by atoms with Gasteiger partial charge in [0.15, 0.2) is 0 Å². The predicted molar refractivity (Wildman–Crippen MR) is 169 cm³/mol. The Morgan fingerprint density at radius 2 is 1.85 bits per heavy atom. The number of carbonyl (C=O) groups is 3. The van der Waals surface area contributed by atoms with Gasteiger partial charge in [0.05, 0.1) is 26.7 Å². The van der Waals surface area contributed by atoms with Crippen molar-refractivity contribution in [1.82, 2.24) is 25.2 Å². The fraction of sp³-hybridized carbons (Fsp3) is 0.394. The number of aromatic nitrogens is 3. The van der Waals surface area contributed by atoms with Crippen LogP contribution in [-0.4, -0.2) is 55.8 Å². The van der Waals surface area contributed by atoms with E-state index in [1.807, 2.05) is 0 Å². The van der Waals surface area contributed by atoms with Gasteiger partial charge in [0.25, 0.3) is 5.91 Å². The number of halogens is 4. The molecule has 2 fully saturated rings. The maximum atomic E-state index is 14.7. The highest BCUT2D eigenvalue weighted by atomic mass is 32.1. The number of likely N-dealkylation sites (tertiary alicyclic amines) is 1. The van der Waals surface area contributed by atoms with E-state index in [1.54, 1.807) is 18.2 Å². The maximum Gasteiger partial charge on any atom is 0.433 e. The third kappa shape index (κ3) is 7.22. The molecule has 1 aromatic carbocycles. The normalized spacial score (nSPS) is 18.3. The molecule has 0 aliphatic carbocycles. The minimum Gasteiger partial charge on any atom is -0.386 e. The number of carbonyl (C=O) groups excluding carboxylic acids is 3. The number of amides is 3. The Hall–Kier alpha value is -4.34. The summed E-state index contributed by atoms with van der Waals surface area (Å²) >= 11 is 1.43. The summed E-state index contributed by atoms with van der Waals surface area (Å²) in [4.78, 5) is 51.1. The fourth-order valence-electron chi connectivity index (χ4n) is 6.09. The van der Waals surface area contributed by atoms with Gasteiger partial charge in [-0.15, -0.1) is 11.3 Å². The quantitative estimate of drug-likeness (QED) is 0.130. The zero-order chi connectivity index (χ0) is 34.4. The molecule has 3 amide bonds. The summed E-state index contributed by atoms with van der Waals surface area (Å²) in [7, 11) is 0. The largest absolute Gasteiger partial charge is 0.433 e. The zero-order valence-electron chi connectivity index (χ0n) is 26.0. The van der Waals surface area contributed by atoms with Gasteiger partial charge in [0.2, 0.25) is 17.8 Å². The van der Waals surface area contributed by atoms with Gasteiger partial charge in [-0.25, -0.2) is 15.0 Å². The number of rotatable bonds is 7. The van der Waals surface area contributed by atoms with Crippen molar-refractivity contribution in [2.45, 2.75) is 69.7 Å². The van der Waals surface area contributed by atoms with E-state index in [0.717, 1.165) is 34.7 Å². The van der Waals surface area contributed by atoms with Crippen LogP contribution in [0.15, 0.2) is 42.6 Å². The maximum absolute atomic E-state index is 14.7. The average Bonchev–Trinajstić information content (AvgIpc) is 3.44. The van der Waals surface area contributed by atoms with Gasteiger partial charge in [-0.1, -0.05) is 6.07 Å². The van der Waals surface area contributed by atoms with E-state index >= 15 is 0 Å². The number of fused-ring (bicyclic) bond motifs is 1. The molecule has 0 radical (unpaired) electrons. The van der Waals surface area contributed by atoms with Crippen molar-refractivity contribution in [3.63, 3.8) is 0 Å². The minimum atomic E-state index is -4.71. The number of hydrogen-bond acceptors (Lipinski definition) is 9. The first-order valence-electron chi connectivity index (χ1n) is 15.4. The van der Waals surface area contributed by atoms with Crippen molar-refractivity contribution < 1.29 is 37.1 Å². The molecule has 6 rings (SSSR count). The molecular formula is C33H32F4N6O4S. The van der Waals surface area contributed by atoms with Gasteiger partial charge in [-0.05, 0) is 82.1 Å². The molecule has 1 unspecified atom stereocenters. The number of hydrogen-bond donors (Lipinski definition) is 3. The molecule has 15 heteroatoms. The van der Waals surface area contributed by atoms with E-state index in [4.69, 9.17) is 4.98 Å². The second-order valence-electron chi connectivity index (χ2n) is 12.6. The molecule has 3 aromatic heterocycles. The third-order valence-corrected chi connectivity index (χ3v) is 9.81. The first-order valence-corrected chi connectivity index (χ1v) is 16.2. The molecule has 2 saturated heterocycles. The van der Waals surface area contributed by atoms with Crippen molar-refractivity contribution in [3.8, 4) is 0 Å². The van der Waals surface area contributed by atoms with Crippen LogP contribution in [0.25, 0.3) is 10.2 Å². The number of alkyl halides is 3. The van der Waals surface area contributed by atoms with Crippen molar-refractivity contribution >= 4 is 45.0 Å². The molecular weight excluding hydrogens is 652 g/mol. The van der Waals surface area contributed by atoms with Crippen LogP contribution in [0.3, 0.4) is 0 Å². The van der Waals surface area contributed by atoms with Crippen LogP contribution in [0.5, 0.6) is 0 Å². The van der Waals surface area contributed by atoms with E-state index in [-0.39, 0.29) is 23.9 Å². The lowest BCUT2D eigenvalue weighted by molar-refractivity contribution is -0.141. The summed E-state index contributed by atoms with van der Waals surface area (Å²) < 4.78 is 54.9. The van der Waals surface area contributed by atoms with Gasteiger partial charge in [-0.3, -0.25) is 24.6 Å². The van der Waals surface area contributed by atoms with Gasteiger partial charge in [0.1, 0.15) is 11.4 Å². The Balaban J connectivity index is 1.16. The SMILES string of the molecule is CC(C)(O)c1cc2nc(C3CCN(Cc4cc(C5CCC(=O)NC5=O)cnc4F)CC3)sc2cc1NC(=O)c1cccc(C(F)(F)F)n1. The van der Waals surface area contributed by atoms with Gasteiger partial charge in [-0.2, -0.15) is 17.6 Å². The van der Waals surface area contributed by atoms with Gasteiger partial charge in [0, 0.05) is 41.9 Å². The highest BCUT2D eigenvalue weighted by Gasteiger charge is 2.34. The van der Waals surface area contributed by atoms with E-state index in [0.29, 0.717) is 48.3 Å². The minimum absolute atomic E-state index is 0.106. The number of imide groups is 1. The number of benzene rings is 1. The Morgan fingerprint density at radius 1 is 1.10 bits per heavy atom. The Labute approximate surface area is 276 Å². The second kappa shape index (κ2) is 12.9.